The predicted octanol–water partition coefficient (Wildman–Crippen LogP) is 4.31. The topological polar surface area (TPSA) is 112 Å². The van der Waals surface area contributed by atoms with Gasteiger partial charge in [-0.2, -0.15) is 0 Å². The summed E-state index contributed by atoms with van der Waals surface area (Å²) in [6, 6.07) is 6.26. The molecule has 2 amide bonds. The van der Waals surface area contributed by atoms with E-state index in [4.69, 9.17) is 17.3 Å². The van der Waals surface area contributed by atoms with Crippen molar-refractivity contribution in [1.29, 1.82) is 0 Å². The van der Waals surface area contributed by atoms with Gasteiger partial charge >= 0.3 is 6.03 Å². The molecule has 2 aromatic rings. The first-order valence-corrected chi connectivity index (χ1v) is 9.24. The van der Waals surface area contributed by atoms with Crippen LogP contribution >= 0.6 is 38.3 Å². The first-order valence-electron chi connectivity index (χ1n) is 6.35. The number of hydrogen-bond donors (Lipinski definition) is 4. The second-order valence-corrected chi connectivity index (χ2v) is 7.86. The number of hydrogen-bond acceptors (Lipinski definition) is 5. The van der Waals surface area contributed by atoms with Crippen molar-refractivity contribution in [3.63, 3.8) is 0 Å². The van der Waals surface area contributed by atoms with Crippen LogP contribution in [0, 0.1) is 0 Å². The minimum atomic E-state index is -3.07. The summed E-state index contributed by atoms with van der Waals surface area (Å²) >= 11 is 9.40. The molecule has 0 atom stereocenters. The molecule has 0 bridgehead atoms. The number of nitrogens with zero attached hydrogens (tertiary/aromatic N) is 2. The Labute approximate surface area is 147 Å². The van der Waals surface area contributed by atoms with Crippen molar-refractivity contribution in [2.75, 3.05) is 9.62 Å². The highest BCUT2D eigenvalue weighted by Gasteiger charge is 2.33. The van der Waals surface area contributed by atoms with Gasteiger partial charge in [-0.25, -0.2) is 9.78 Å². The predicted molar refractivity (Wildman–Crippen MR) is 95.3 cm³/mol. The standard InChI is InChI=1S/C13H12BrClN4O3S/c14-8-3-1-2-4-9(8)19(13(16)20)10-5-17-12(15)7-6-23(21,22)18-11(7)10/h1-5,18,21-22H,6H2,(H2,16,20). The third-order valence-electron chi connectivity index (χ3n) is 3.27. The van der Waals surface area contributed by atoms with Crippen molar-refractivity contribution in [3.8, 4) is 0 Å². The lowest BCUT2D eigenvalue weighted by atomic mass is 10.2. The zero-order chi connectivity index (χ0) is 16.8. The van der Waals surface area contributed by atoms with Crippen LogP contribution in [0.2, 0.25) is 5.15 Å². The van der Waals surface area contributed by atoms with Gasteiger partial charge in [-0.3, -0.25) is 18.7 Å². The molecule has 122 valence electrons. The molecule has 0 spiro atoms. The molecule has 0 saturated carbocycles. The fourth-order valence-electron chi connectivity index (χ4n) is 2.33. The molecule has 0 saturated heterocycles. The smallest absolute Gasteiger partial charge is 0.324 e. The minimum Gasteiger partial charge on any atom is -0.351 e. The summed E-state index contributed by atoms with van der Waals surface area (Å²) in [5.74, 6) is -0.0788. The van der Waals surface area contributed by atoms with Crippen molar-refractivity contribution < 1.29 is 13.9 Å². The number of halogens is 2. The molecule has 2 heterocycles. The lowest BCUT2D eigenvalue weighted by Crippen LogP contribution is -2.32. The van der Waals surface area contributed by atoms with Gasteiger partial charge in [-0.1, -0.05) is 23.7 Å². The SMILES string of the molecule is NC(=O)N(c1ccccc1Br)c1cnc(Cl)c2c1NS(O)(O)C2. The van der Waals surface area contributed by atoms with Gasteiger partial charge < -0.3 is 5.73 Å². The maximum Gasteiger partial charge on any atom is 0.324 e. The molecule has 3 rings (SSSR count). The Morgan fingerprint density at radius 3 is 2.74 bits per heavy atom. The maximum absolute atomic E-state index is 12.0. The number of carbonyl (C=O) groups excluding carboxylic acids is 1. The lowest BCUT2D eigenvalue weighted by molar-refractivity contribution is 0.256. The number of carbonyl (C=O) groups is 1. The van der Waals surface area contributed by atoms with Gasteiger partial charge in [0, 0.05) is 10.0 Å². The van der Waals surface area contributed by atoms with E-state index in [1.807, 2.05) is 0 Å². The molecule has 1 aromatic carbocycles. The van der Waals surface area contributed by atoms with Gasteiger partial charge in [-0.05, 0) is 28.1 Å². The number of anilines is 3. The lowest BCUT2D eigenvalue weighted by Gasteiger charge is -2.28. The number of rotatable bonds is 2. The number of primary amides is 1. The van der Waals surface area contributed by atoms with Gasteiger partial charge in [0.1, 0.15) is 5.15 Å². The molecule has 5 N–H and O–H groups in total. The van der Waals surface area contributed by atoms with Gasteiger partial charge in [0.05, 0.1) is 29.0 Å². The van der Waals surface area contributed by atoms with Crippen molar-refractivity contribution >= 4 is 61.4 Å². The number of nitrogens with two attached hydrogens (primary N) is 1. The number of benzene rings is 1. The number of fused-ring (bicyclic) bond motifs is 1. The van der Waals surface area contributed by atoms with E-state index in [2.05, 4.69) is 25.6 Å². The Morgan fingerprint density at radius 1 is 1.39 bits per heavy atom. The summed E-state index contributed by atoms with van der Waals surface area (Å²) in [6.07, 6.45) is 1.36. The van der Waals surface area contributed by atoms with Gasteiger partial charge in [0.25, 0.3) is 0 Å². The number of para-hydroxylation sites is 1. The van der Waals surface area contributed by atoms with Crippen molar-refractivity contribution in [3.05, 3.63) is 45.7 Å². The monoisotopic (exact) mass is 418 g/mol. The highest BCUT2D eigenvalue weighted by Crippen LogP contribution is 2.55. The summed E-state index contributed by atoms with van der Waals surface area (Å²) in [5, 5.41) is 0.144. The number of pyridine rings is 1. The van der Waals surface area contributed by atoms with Crippen LogP contribution in [0.25, 0.3) is 0 Å². The van der Waals surface area contributed by atoms with Crippen LogP contribution < -0.4 is 15.4 Å². The van der Waals surface area contributed by atoms with Gasteiger partial charge in [0.2, 0.25) is 0 Å². The van der Waals surface area contributed by atoms with Crippen LogP contribution in [-0.2, 0) is 5.75 Å². The Morgan fingerprint density at radius 2 is 2.09 bits per heavy atom. The van der Waals surface area contributed by atoms with Gasteiger partial charge in [-0.15, -0.1) is 10.8 Å². The van der Waals surface area contributed by atoms with E-state index in [0.717, 1.165) is 0 Å². The third-order valence-corrected chi connectivity index (χ3v) is 5.49. The molecule has 0 fully saturated rings. The van der Waals surface area contributed by atoms with E-state index in [-0.39, 0.29) is 10.9 Å². The summed E-state index contributed by atoms with van der Waals surface area (Å²) in [7, 11) is -3.07. The van der Waals surface area contributed by atoms with Crippen LogP contribution in [0.1, 0.15) is 5.56 Å². The second-order valence-electron chi connectivity index (χ2n) is 4.83. The van der Waals surface area contributed by atoms with E-state index in [1.54, 1.807) is 24.3 Å². The van der Waals surface area contributed by atoms with E-state index < -0.39 is 16.8 Å². The first kappa shape index (κ1) is 16.3. The summed E-state index contributed by atoms with van der Waals surface area (Å²) in [6.45, 7) is 0. The normalized spacial score (nSPS) is 16.3. The molecule has 1 aliphatic rings. The number of amides is 2. The van der Waals surface area contributed by atoms with E-state index in [9.17, 15) is 13.9 Å². The number of urea groups is 1. The molecule has 0 radical (unpaired) electrons. The van der Waals surface area contributed by atoms with E-state index >= 15 is 0 Å². The van der Waals surface area contributed by atoms with E-state index in [1.165, 1.54) is 11.1 Å². The zero-order valence-electron chi connectivity index (χ0n) is 11.5. The molecule has 1 aliphatic heterocycles. The first-order chi connectivity index (χ1) is 10.8. The zero-order valence-corrected chi connectivity index (χ0v) is 14.7. The summed E-state index contributed by atoms with van der Waals surface area (Å²) < 4.78 is 23.1. The highest BCUT2D eigenvalue weighted by molar-refractivity contribution is 9.10. The highest BCUT2D eigenvalue weighted by atomic mass is 79.9. The Bertz CT molecular complexity index is 805. The van der Waals surface area contributed by atoms with Crippen LogP contribution in [0.5, 0.6) is 0 Å². The summed E-state index contributed by atoms with van der Waals surface area (Å²) in [5.41, 5.74) is 7.08. The van der Waals surface area contributed by atoms with Crippen LogP contribution in [-0.4, -0.2) is 20.1 Å². The maximum atomic E-state index is 12.0. The fourth-order valence-corrected chi connectivity index (χ4v) is 4.40. The molecule has 7 nitrogen and oxygen atoms in total. The molecule has 0 unspecified atom stereocenters. The Balaban J connectivity index is 2.19. The van der Waals surface area contributed by atoms with Crippen LogP contribution in [0.4, 0.5) is 21.9 Å². The largest absolute Gasteiger partial charge is 0.351 e. The van der Waals surface area contributed by atoms with Crippen LogP contribution in [0.3, 0.4) is 0 Å². The van der Waals surface area contributed by atoms with Crippen molar-refractivity contribution in [1.82, 2.24) is 4.98 Å². The average Bonchev–Trinajstić information content (AvgIpc) is 2.80. The Kier molecular flexibility index (Phi) is 4.15. The van der Waals surface area contributed by atoms with Crippen molar-refractivity contribution in [2.45, 2.75) is 5.75 Å². The quantitative estimate of drug-likeness (QED) is 0.542. The molecule has 1 aromatic heterocycles. The van der Waals surface area contributed by atoms with Crippen molar-refractivity contribution in [2.24, 2.45) is 5.73 Å². The minimum absolute atomic E-state index is 0.0788. The van der Waals surface area contributed by atoms with E-state index in [0.29, 0.717) is 27.1 Å². The fraction of sp³-hybridized carbons (Fsp3) is 0.0769. The molecule has 0 aliphatic carbocycles. The average molecular weight is 420 g/mol. The van der Waals surface area contributed by atoms with Crippen LogP contribution in [0.15, 0.2) is 34.9 Å². The second kappa shape index (κ2) is 5.84. The molecule has 23 heavy (non-hydrogen) atoms. The Hall–Kier alpha value is -1.52. The van der Waals surface area contributed by atoms with Gasteiger partial charge in [0.15, 0.2) is 0 Å². The number of nitrogens with one attached hydrogen (secondary N) is 1. The molecular weight excluding hydrogens is 408 g/mol. The summed E-state index contributed by atoms with van der Waals surface area (Å²) in [4.78, 5) is 17.3. The number of aromatic nitrogens is 1. The third kappa shape index (κ3) is 2.98. The molecule has 10 heteroatoms. The molecular formula is C13H12BrClN4O3S.